The molecule has 0 bridgehead atoms. The van der Waals surface area contributed by atoms with Gasteiger partial charge in [-0.25, -0.2) is 9.37 Å². The average Bonchev–Trinajstić information content (AvgIpc) is 3.27. The van der Waals surface area contributed by atoms with E-state index in [1.54, 1.807) is 18.2 Å². The molecule has 17 heteroatoms. The van der Waals surface area contributed by atoms with Gasteiger partial charge in [0.1, 0.15) is 17.0 Å². The highest BCUT2D eigenvalue weighted by Gasteiger charge is 2.40. The van der Waals surface area contributed by atoms with E-state index in [4.69, 9.17) is 0 Å². The third-order valence-electron chi connectivity index (χ3n) is 4.10. The molecule has 1 heterocycles. The molecule has 0 amide bonds. The van der Waals surface area contributed by atoms with Crippen LogP contribution in [-0.4, -0.2) is 67.9 Å². The highest BCUT2D eigenvalue weighted by molar-refractivity contribution is 9.10. The van der Waals surface area contributed by atoms with Crippen molar-refractivity contribution in [3.63, 3.8) is 0 Å². The molecule has 0 fully saturated rings. The molecular formula is C17H16BrFN6O6S3. The normalized spacial score (nSPS) is 13.0. The number of nitrogens with zero attached hydrogens (tertiary/aromatic N) is 6. The largest absolute Gasteiger partial charge is 0.330 e. The maximum atomic E-state index is 14.3. The highest BCUT2D eigenvalue weighted by Crippen LogP contribution is 2.25. The predicted molar refractivity (Wildman–Crippen MR) is 122 cm³/mol. The van der Waals surface area contributed by atoms with Crippen molar-refractivity contribution in [3.05, 3.63) is 70.7 Å². The first kappa shape index (κ1) is 25.9. The number of sulfonamides is 2. The molecule has 12 nitrogen and oxygen atoms in total. The Morgan fingerprint density at radius 3 is 2.21 bits per heavy atom. The standard InChI is InChI=1S/C17H16BrFN6O6S3/c1-23(2)34(30,31)24-12-20-17(22-24)33(28,29)25(21-11-13-7-3-4-8-14(13)18)32(26,27)16-10-6-5-9-15(16)19/h3-12H,1-2H3/b21-11+. The molecule has 0 unspecified atom stereocenters. The Labute approximate surface area is 203 Å². The van der Waals surface area contributed by atoms with Crippen molar-refractivity contribution in [3.8, 4) is 0 Å². The minimum absolute atomic E-state index is 0.241. The Bertz CT molecular complexity index is 1570. The lowest BCUT2D eigenvalue weighted by atomic mass is 10.2. The van der Waals surface area contributed by atoms with E-state index in [-0.39, 0.29) is 7.91 Å². The van der Waals surface area contributed by atoms with E-state index < -0.39 is 46.1 Å². The van der Waals surface area contributed by atoms with Crippen molar-refractivity contribution in [2.24, 2.45) is 5.10 Å². The van der Waals surface area contributed by atoms with Crippen LogP contribution in [0.5, 0.6) is 0 Å². The molecule has 0 aliphatic heterocycles. The fraction of sp³-hybridized carbons (Fsp3) is 0.118. The smallest absolute Gasteiger partial charge is 0.205 e. The van der Waals surface area contributed by atoms with Gasteiger partial charge in [-0.2, -0.15) is 34.7 Å². The summed E-state index contributed by atoms with van der Waals surface area (Å²) in [6.45, 7) is 0. The zero-order valence-electron chi connectivity index (χ0n) is 17.4. The van der Waals surface area contributed by atoms with Crippen molar-refractivity contribution in [2.75, 3.05) is 14.1 Å². The van der Waals surface area contributed by atoms with Crippen LogP contribution in [-0.2, 0) is 30.3 Å². The quantitative estimate of drug-likeness (QED) is 0.279. The van der Waals surface area contributed by atoms with Crippen molar-refractivity contribution in [1.82, 2.24) is 22.3 Å². The summed E-state index contributed by atoms with van der Waals surface area (Å²) in [6.07, 6.45) is 1.49. The molecule has 0 atom stereocenters. The van der Waals surface area contributed by atoms with Crippen LogP contribution < -0.4 is 0 Å². The summed E-state index contributed by atoms with van der Waals surface area (Å²) in [5, 5.41) is 5.80. The van der Waals surface area contributed by atoms with E-state index in [0.717, 1.165) is 22.7 Å². The average molecular weight is 595 g/mol. The molecule has 0 radical (unpaired) electrons. The van der Waals surface area contributed by atoms with Crippen LogP contribution in [0, 0.1) is 5.82 Å². The lowest BCUT2D eigenvalue weighted by Gasteiger charge is -2.17. The third-order valence-corrected chi connectivity index (χ3v) is 10.1. The first-order valence-electron chi connectivity index (χ1n) is 8.98. The Hall–Kier alpha value is -2.73. The number of hydrogen-bond acceptors (Lipinski definition) is 9. The number of benzene rings is 2. The Morgan fingerprint density at radius 1 is 0.971 bits per heavy atom. The molecule has 182 valence electrons. The van der Waals surface area contributed by atoms with Crippen LogP contribution in [0.2, 0.25) is 0 Å². The van der Waals surface area contributed by atoms with Gasteiger partial charge in [0.2, 0.25) is 0 Å². The number of halogens is 2. The molecular weight excluding hydrogens is 579 g/mol. The lowest BCUT2D eigenvalue weighted by molar-refractivity contribution is 0.494. The maximum absolute atomic E-state index is 14.3. The number of rotatable bonds is 8. The van der Waals surface area contributed by atoms with Crippen LogP contribution >= 0.6 is 15.9 Å². The molecule has 0 saturated carbocycles. The van der Waals surface area contributed by atoms with Gasteiger partial charge in [-0.05, 0) is 18.2 Å². The second-order valence-electron chi connectivity index (χ2n) is 6.57. The zero-order chi connectivity index (χ0) is 25.3. The van der Waals surface area contributed by atoms with E-state index in [1.807, 2.05) is 0 Å². The van der Waals surface area contributed by atoms with Crippen LogP contribution in [0.4, 0.5) is 4.39 Å². The summed E-state index contributed by atoms with van der Waals surface area (Å²) >= 11 is 3.22. The van der Waals surface area contributed by atoms with Gasteiger partial charge in [0.05, 0.1) is 6.21 Å². The second-order valence-corrected chi connectivity index (χ2v) is 13.1. The van der Waals surface area contributed by atoms with Crippen LogP contribution in [0.25, 0.3) is 0 Å². The summed E-state index contributed by atoms with van der Waals surface area (Å²) in [4.78, 5) is 2.45. The molecule has 34 heavy (non-hydrogen) atoms. The summed E-state index contributed by atoms with van der Waals surface area (Å²) < 4.78 is 92.7. The number of aromatic nitrogens is 3. The first-order valence-corrected chi connectivity index (χ1v) is 14.0. The number of hydrazone groups is 1. The van der Waals surface area contributed by atoms with Crippen molar-refractivity contribution < 1.29 is 29.6 Å². The van der Waals surface area contributed by atoms with Gasteiger partial charge in [0, 0.05) is 24.1 Å². The minimum atomic E-state index is -5.23. The molecule has 2 aromatic carbocycles. The summed E-state index contributed by atoms with van der Waals surface area (Å²) in [5.74, 6) is -1.23. The molecule has 0 N–H and O–H groups in total. The van der Waals surface area contributed by atoms with Crippen molar-refractivity contribution >= 4 is 52.4 Å². The van der Waals surface area contributed by atoms with Crippen LogP contribution in [0.3, 0.4) is 0 Å². The van der Waals surface area contributed by atoms with Crippen LogP contribution in [0.1, 0.15) is 5.56 Å². The SMILES string of the molecule is CN(C)S(=O)(=O)n1cnc(S(=O)(=O)N(/N=C/c2ccccc2Br)S(=O)(=O)c2ccccc2F)n1. The summed E-state index contributed by atoms with van der Waals surface area (Å²) in [7, 11) is -12.3. The van der Waals surface area contributed by atoms with Gasteiger partial charge in [-0.1, -0.05) is 50.1 Å². The van der Waals surface area contributed by atoms with E-state index in [1.165, 1.54) is 32.3 Å². The van der Waals surface area contributed by atoms with Crippen LogP contribution in [0.15, 0.2) is 74.5 Å². The second kappa shape index (κ2) is 9.49. The summed E-state index contributed by atoms with van der Waals surface area (Å²) in [6, 6.07) is 10.4. The third kappa shape index (κ3) is 4.88. The molecule has 0 saturated heterocycles. The molecule has 0 aliphatic carbocycles. The molecule has 3 aromatic rings. The van der Waals surface area contributed by atoms with E-state index >= 15 is 0 Å². The zero-order valence-corrected chi connectivity index (χ0v) is 21.4. The Balaban J connectivity index is 2.20. The van der Waals surface area contributed by atoms with Crippen molar-refractivity contribution in [1.29, 1.82) is 0 Å². The molecule has 0 aliphatic rings. The Morgan fingerprint density at radius 2 is 1.59 bits per heavy atom. The van der Waals surface area contributed by atoms with Gasteiger partial charge >= 0.3 is 20.2 Å². The van der Waals surface area contributed by atoms with Gasteiger partial charge in [0.15, 0.2) is 0 Å². The fourth-order valence-electron chi connectivity index (χ4n) is 2.38. The lowest BCUT2D eigenvalue weighted by Crippen LogP contribution is -2.34. The van der Waals surface area contributed by atoms with E-state index in [0.29, 0.717) is 16.4 Å². The Kier molecular flexibility index (Phi) is 7.23. The van der Waals surface area contributed by atoms with Gasteiger partial charge < -0.3 is 0 Å². The molecule has 3 rings (SSSR count). The first-order chi connectivity index (χ1) is 15.8. The van der Waals surface area contributed by atoms with Gasteiger partial charge in [-0.3, -0.25) is 0 Å². The number of hydrogen-bond donors (Lipinski definition) is 0. The minimum Gasteiger partial charge on any atom is -0.205 e. The van der Waals surface area contributed by atoms with Gasteiger partial charge in [0.25, 0.3) is 15.2 Å². The van der Waals surface area contributed by atoms with E-state index in [9.17, 15) is 29.6 Å². The summed E-state index contributed by atoms with van der Waals surface area (Å²) in [5.41, 5.74) is 0.292. The molecule has 0 spiro atoms. The molecule has 1 aromatic heterocycles. The van der Waals surface area contributed by atoms with Crippen molar-refractivity contribution in [2.45, 2.75) is 10.1 Å². The van der Waals surface area contributed by atoms with E-state index in [2.05, 4.69) is 31.1 Å². The topological polar surface area (TPSA) is 152 Å². The van der Waals surface area contributed by atoms with Gasteiger partial charge in [-0.15, -0.1) is 9.19 Å². The monoisotopic (exact) mass is 594 g/mol. The maximum Gasteiger partial charge on any atom is 0.330 e. The predicted octanol–water partition coefficient (Wildman–Crippen LogP) is 1.25. The highest BCUT2D eigenvalue weighted by atomic mass is 79.9. The fourth-order valence-corrected chi connectivity index (χ4v) is 6.56.